The number of hydrogen-bond acceptors (Lipinski definition) is 3. The van der Waals surface area contributed by atoms with Gasteiger partial charge in [0.2, 0.25) is 0 Å². The summed E-state index contributed by atoms with van der Waals surface area (Å²) in [6.45, 7) is 11.2. The van der Waals surface area contributed by atoms with E-state index >= 15 is 0 Å². The highest BCUT2D eigenvalue weighted by atomic mass is 35.5. The van der Waals surface area contributed by atoms with E-state index in [2.05, 4.69) is 37.6 Å². The molecule has 0 aromatic carbocycles. The van der Waals surface area contributed by atoms with Gasteiger partial charge in [0.15, 0.2) is 5.13 Å². The van der Waals surface area contributed by atoms with Crippen LogP contribution in [0.25, 0.3) is 0 Å². The van der Waals surface area contributed by atoms with Crippen molar-refractivity contribution in [1.82, 2.24) is 4.98 Å². The molecule has 0 aliphatic rings. The van der Waals surface area contributed by atoms with E-state index in [0.717, 1.165) is 30.1 Å². The number of rotatable bonds is 7. The minimum Gasteiger partial charge on any atom is -0.348 e. The molecule has 0 N–H and O–H groups in total. The zero-order chi connectivity index (χ0) is 12.8. The van der Waals surface area contributed by atoms with Gasteiger partial charge in [0.05, 0.1) is 0 Å². The van der Waals surface area contributed by atoms with Crippen molar-refractivity contribution in [3.63, 3.8) is 0 Å². The summed E-state index contributed by atoms with van der Waals surface area (Å²) in [6.07, 6.45) is 2.41. The molecule has 1 heterocycles. The second-order valence-corrected chi connectivity index (χ2v) is 6.53. The molecule has 0 atom stereocenters. The molecule has 0 aliphatic heterocycles. The van der Waals surface area contributed by atoms with E-state index in [0.29, 0.717) is 5.15 Å². The van der Waals surface area contributed by atoms with Gasteiger partial charge >= 0.3 is 0 Å². The molecule has 0 aliphatic carbocycles. The Morgan fingerprint density at radius 1 is 1.18 bits per heavy atom. The van der Waals surface area contributed by atoms with Crippen LogP contribution in [0.4, 0.5) is 5.13 Å². The van der Waals surface area contributed by atoms with Gasteiger partial charge in [-0.15, -0.1) is 11.3 Å². The topological polar surface area (TPSA) is 16.1 Å². The minimum absolute atomic E-state index is 0.615. The van der Waals surface area contributed by atoms with Crippen LogP contribution < -0.4 is 4.90 Å². The Kier molecular flexibility index (Phi) is 6.28. The zero-order valence-electron chi connectivity index (χ0n) is 11.2. The van der Waals surface area contributed by atoms with Gasteiger partial charge in [-0.1, -0.05) is 39.3 Å². The summed E-state index contributed by atoms with van der Waals surface area (Å²) in [6, 6.07) is 0. The summed E-state index contributed by atoms with van der Waals surface area (Å²) < 4.78 is 0. The molecule has 0 saturated heterocycles. The van der Waals surface area contributed by atoms with E-state index in [1.54, 1.807) is 11.3 Å². The molecule has 1 rings (SSSR count). The lowest BCUT2D eigenvalue weighted by Gasteiger charge is -2.23. The quantitative estimate of drug-likeness (QED) is 0.717. The van der Waals surface area contributed by atoms with Crippen molar-refractivity contribution in [2.75, 3.05) is 18.0 Å². The lowest BCUT2D eigenvalue weighted by atomic mass is 10.1. The Balaban J connectivity index is 2.58. The second-order valence-electron chi connectivity index (χ2n) is 5.30. The van der Waals surface area contributed by atoms with Crippen LogP contribution >= 0.6 is 22.9 Å². The summed E-state index contributed by atoms with van der Waals surface area (Å²) in [4.78, 5) is 6.75. The summed E-state index contributed by atoms with van der Waals surface area (Å²) in [5.74, 6) is 1.46. The van der Waals surface area contributed by atoms with E-state index in [4.69, 9.17) is 11.6 Å². The minimum atomic E-state index is 0.615. The Hall–Kier alpha value is -0.280. The smallest absolute Gasteiger partial charge is 0.186 e. The van der Waals surface area contributed by atoms with Gasteiger partial charge in [-0.05, 0) is 24.7 Å². The average molecular weight is 275 g/mol. The van der Waals surface area contributed by atoms with E-state index in [9.17, 15) is 0 Å². The fourth-order valence-electron chi connectivity index (χ4n) is 1.52. The third-order valence-electron chi connectivity index (χ3n) is 2.69. The van der Waals surface area contributed by atoms with E-state index in [1.165, 1.54) is 12.8 Å². The molecule has 0 spiro atoms. The van der Waals surface area contributed by atoms with Crippen molar-refractivity contribution in [1.29, 1.82) is 0 Å². The van der Waals surface area contributed by atoms with Crippen LogP contribution in [0.5, 0.6) is 0 Å². The molecular weight excluding hydrogens is 252 g/mol. The first-order valence-electron chi connectivity index (χ1n) is 6.35. The van der Waals surface area contributed by atoms with Crippen LogP contribution in [0.15, 0.2) is 5.38 Å². The number of hydrogen-bond donors (Lipinski definition) is 0. The predicted octanol–water partition coefficient (Wildman–Crippen LogP) is 4.70. The maximum Gasteiger partial charge on any atom is 0.186 e. The number of aromatic nitrogens is 1. The third kappa shape index (κ3) is 5.73. The third-order valence-corrected chi connectivity index (χ3v) is 3.91. The molecule has 0 radical (unpaired) electrons. The summed E-state index contributed by atoms with van der Waals surface area (Å²) in [5.41, 5.74) is 0. The molecule has 4 heteroatoms. The molecule has 0 fully saturated rings. The molecule has 0 unspecified atom stereocenters. The van der Waals surface area contributed by atoms with Crippen molar-refractivity contribution in [3.05, 3.63) is 10.5 Å². The number of halogens is 1. The summed E-state index contributed by atoms with van der Waals surface area (Å²) in [7, 11) is 0. The van der Waals surface area contributed by atoms with Crippen molar-refractivity contribution < 1.29 is 0 Å². The molecule has 98 valence electrons. The van der Waals surface area contributed by atoms with E-state index < -0.39 is 0 Å². The molecule has 0 amide bonds. The molecule has 0 bridgehead atoms. The van der Waals surface area contributed by atoms with Gasteiger partial charge in [0.1, 0.15) is 5.15 Å². The highest BCUT2D eigenvalue weighted by Gasteiger charge is 2.11. The van der Waals surface area contributed by atoms with Crippen LogP contribution in [-0.2, 0) is 0 Å². The van der Waals surface area contributed by atoms with Crippen LogP contribution in [0.2, 0.25) is 5.15 Å². The van der Waals surface area contributed by atoms with Crippen molar-refractivity contribution >= 4 is 28.1 Å². The SMILES string of the molecule is CC(C)CCN(CCC(C)C)c1nc(Cl)cs1. The molecule has 0 saturated carbocycles. The largest absolute Gasteiger partial charge is 0.348 e. The first kappa shape index (κ1) is 14.8. The monoisotopic (exact) mass is 274 g/mol. The summed E-state index contributed by atoms with van der Waals surface area (Å²) in [5, 5.41) is 3.59. The molecular formula is C13H23ClN2S. The highest BCUT2D eigenvalue weighted by Crippen LogP contribution is 2.24. The maximum atomic E-state index is 5.90. The van der Waals surface area contributed by atoms with Gasteiger partial charge in [-0.3, -0.25) is 0 Å². The number of anilines is 1. The lowest BCUT2D eigenvalue weighted by molar-refractivity contribution is 0.535. The fraction of sp³-hybridized carbons (Fsp3) is 0.769. The number of thiazole rings is 1. The summed E-state index contributed by atoms with van der Waals surface area (Å²) >= 11 is 7.55. The van der Waals surface area contributed by atoms with Crippen LogP contribution in [0, 0.1) is 11.8 Å². The Labute approximate surface area is 114 Å². The molecule has 2 nitrogen and oxygen atoms in total. The number of nitrogens with zero attached hydrogens (tertiary/aromatic N) is 2. The maximum absolute atomic E-state index is 5.90. The van der Waals surface area contributed by atoms with E-state index in [-0.39, 0.29) is 0 Å². The van der Waals surface area contributed by atoms with Gasteiger partial charge in [0.25, 0.3) is 0 Å². The van der Waals surface area contributed by atoms with Crippen LogP contribution in [0.3, 0.4) is 0 Å². The predicted molar refractivity (Wildman–Crippen MR) is 78.2 cm³/mol. The standard InChI is InChI=1S/C13H23ClN2S/c1-10(2)5-7-16(8-6-11(3)4)13-15-12(14)9-17-13/h9-11H,5-8H2,1-4H3. The van der Waals surface area contributed by atoms with Gasteiger partial charge in [-0.2, -0.15) is 0 Å². The zero-order valence-corrected chi connectivity index (χ0v) is 12.8. The second kappa shape index (κ2) is 7.22. The van der Waals surface area contributed by atoms with Gasteiger partial charge in [0, 0.05) is 18.5 Å². The van der Waals surface area contributed by atoms with Gasteiger partial charge in [-0.25, -0.2) is 4.98 Å². The Morgan fingerprint density at radius 2 is 1.71 bits per heavy atom. The van der Waals surface area contributed by atoms with Crippen molar-refractivity contribution in [3.8, 4) is 0 Å². The fourth-order valence-corrected chi connectivity index (χ4v) is 2.52. The Bertz CT molecular complexity index is 311. The first-order valence-corrected chi connectivity index (χ1v) is 7.60. The molecule has 17 heavy (non-hydrogen) atoms. The molecule has 1 aromatic heterocycles. The van der Waals surface area contributed by atoms with Crippen LogP contribution in [-0.4, -0.2) is 18.1 Å². The normalized spacial score (nSPS) is 11.5. The Morgan fingerprint density at radius 3 is 2.06 bits per heavy atom. The lowest BCUT2D eigenvalue weighted by Crippen LogP contribution is -2.27. The highest BCUT2D eigenvalue weighted by molar-refractivity contribution is 7.14. The molecule has 1 aromatic rings. The van der Waals surface area contributed by atoms with Crippen molar-refractivity contribution in [2.45, 2.75) is 40.5 Å². The van der Waals surface area contributed by atoms with E-state index in [1.807, 2.05) is 5.38 Å². The first-order chi connectivity index (χ1) is 7.99. The van der Waals surface area contributed by atoms with Crippen molar-refractivity contribution in [2.24, 2.45) is 11.8 Å². The van der Waals surface area contributed by atoms with Crippen LogP contribution in [0.1, 0.15) is 40.5 Å². The van der Waals surface area contributed by atoms with Gasteiger partial charge < -0.3 is 4.90 Å². The average Bonchev–Trinajstić information content (AvgIpc) is 2.64.